The monoisotopic (exact) mass is 532 g/mol. The quantitative estimate of drug-likeness (QED) is 0.269. The Labute approximate surface area is 209 Å². The maximum absolute atomic E-state index is 15.3. The smallest absolute Gasteiger partial charge is 0.301 e. The molecule has 0 aliphatic carbocycles. The van der Waals surface area contributed by atoms with Crippen molar-refractivity contribution in [2.75, 3.05) is 17.8 Å². The van der Waals surface area contributed by atoms with Crippen molar-refractivity contribution < 1.29 is 30.8 Å². The minimum absolute atomic E-state index is 0.0755. The van der Waals surface area contributed by atoms with Gasteiger partial charge in [-0.25, -0.2) is 22.5 Å². The topological polar surface area (TPSA) is 95.2 Å². The summed E-state index contributed by atoms with van der Waals surface area (Å²) in [7, 11) is -4.58. The molecule has 3 heterocycles. The molecule has 4 aromatic rings. The van der Waals surface area contributed by atoms with Gasteiger partial charge in [0, 0.05) is 41.9 Å². The minimum atomic E-state index is -4.58. The van der Waals surface area contributed by atoms with E-state index in [1.165, 1.54) is 6.20 Å². The Morgan fingerprint density at radius 2 is 1.84 bits per heavy atom. The van der Waals surface area contributed by atoms with E-state index in [0.717, 1.165) is 23.3 Å². The molecular weight excluding hydrogens is 512 g/mol. The molecule has 1 aliphatic rings. The molecule has 0 unspecified atom stereocenters. The van der Waals surface area contributed by atoms with E-state index in [1.54, 1.807) is 12.3 Å². The molecule has 0 amide bonds. The van der Waals surface area contributed by atoms with Gasteiger partial charge in [0.2, 0.25) is 5.78 Å². The Morgan fingerprint density at radius 3 is 2.51 bits per heavy atom. The number of hydrogen-bond donors (Lipinski definition) is 2. The number of hydrogen-bond acceptors (Lipinski definition) is 4. The molecular formula is C25H20F4N4O3S. The zero-order valence-corrected chi connectivity index (χ0v) is 20.2. The highest BCUT2D eigenvalue weighted by Gasteiger charge is 2.43. The van der Waals surface area contributed by atoms with Gasteiger partial charge in [0.05, 0.1) is 17.8 Å². The molecule has 0 saturated carbocycles. The zero-order valence-electron chi connectivity index (χ0n) is 19.4. The summed E-state index contributed by atoms with van der Waals surface area (Å²) in [4.78, 5) is 20.4. The fraction of sp³-hybridized carbons (Fsp3) is 0.200. The summed E-state index contributed by atoms with van der Waals surface area (Å²) < 4.78 is 84.4. The van der Waals surface area contributed by atoms with Crippen molar-refractivity contribution in [2.45, 2.75) is 19.3 Å². The number of anilines is 1. The van der Waals surface area contributed by atoms with E-state index < -0.39 is 64.3 Å². The first-order valence-electron chi connectivity index (χ1n) is 11.2. The second kappa shape index (κ2) is 8.96. The standard InChI is InChI=1S/C25H20F4N4O3S/c1-14-2-4-15(5-3-14)16-10-17-18(12-31-24(17)30-11-16)23(34)21-19(26)6-7-20(22(21)27)32-37(35,36)33-9-8-25(28,29)13-33/h2-7,10-12,32H,8-9,13H2,1H3,(H,30,31). The molecule has 0 bridgehead atoms. The molecule has 2 aromatic carbocycles. The molecule has 0 radical (unpaired) electrons. The highest BCUT2D eigenvalue weighted by molar-refractivity contribution is 7.90. The largest absolute Gasteiger partial charge is 0.345 e. The number of pyridine rings is 1. The van der Waals surface area contributed by atoms with E-state index in [-0.39, 0.29) is 5.56 Å². The van der Waals surface area contributed by atoms with E-state index in [1.807, 2.05) is 35.9 Å². The van der Waals surface area contributed by atoms with Gasteiger partial charge in [0.1, 0.15) is 11.5 Å². The summed E-state index contributed by atoms with van der Waals surface area (Å²) in [6.07, 6.45) is 2.18. The molecule has 2 N–H and O–H groups in total. The first-order valence-corrected chi connectivity index (χ1v) is 12.6. The number of H-pyrrole nitrogens is 1. The summed E-state index contributed by atoms with van der Waals surface area (Å²) in [5, 5.41) is 0.312. The molecule has 37 heavy (non-hydrogen) atoms. The first-order chi connectivity index (χ1) is 17.4. The van der Waals surface area contributed by atoms with Crippen LogP contribution >= 0.6 is 0 Å². The van der Waals surface area contributed by atoms with Crippen LogP contribution in [0.4, 0.5) is 23.2 Å². The van der Waals surface area contributed by atoms with Crippen LogP contribution in [-0.4, -0.2) is 47.5 Å². The lowest BCUT2D eigenvalue weighted by Crippen LogP contribution is -2.36. The Balaban J connectivity index is 1.51. The predicted octanol–water partition coefficient (Wildman–Crippen LogP) is 5.05. The van der Waals surface area contributed by atoms with Crippen molar-refractivity contribution in [3.05, 3.63) is 83.2 Å². The second-order valence-corrected chi connectivity index (χ2v) is 10.5. The normalized spacial score (nSPS) is 15.8. The third-order valence-corrected chi connectivity index (χ3v) is 7.66. The van der Waals surface area contributed by atoms with Crippen LogP contribution < -0.4 is 4.72 Å². The number of fused-ring (bicyclic) bond motifs is 1. The number of ketones is 1. The maximum Gasteiger partial charge on any atom is 0.301 e. The maximum atomic E-state index is 15.3. The molecule has 0 atom stereocenters. The number of halogens is 4. The van der Waals surface area contributed by atoms with E-state index >= 15 is 4.39 Å². The summed E-state index contributed by atoms with van der Waals surface area (Å²) in [5.74, 6) is -6.93. The van der Waals surface area contributed by atoms with E-state index in [0.29, 0.717) is 20.9 Å². The number of aryl methyl sites for hydroxylation is 1. The fourth-order valence-electron chi connectivity index (χ4n) is 4.18. The molecule has 192 valence electrons. The Bertz CT molecular complexity index is 1640. The Hall–Kier alpha value is -3.77. The molecule has 5 rings (SSSR count). The van der Waals surface area contributed by atoms with Crippen molar-refractivity contribution in [3.8, 4) is 11.1 Å². The lowest BCUT2D eigenvalue weighted by Gasteiger charge is -2.18. The highest BCUT2D eigenvalue weighted by Crippen LogP contribution is 2.32. The summed E-state index contributed by atoms with van der Waals surface area (Å²) >= 11 is 0. The van der Waals surface area contributed by atoms with Crippen LogP contribution in [0.15, 0.2) is 54.9 Å². The number of benzene rings is 2. The first kappa shape index (κ1) is 24.9. The molecule has 1 saturated heterocycles. The van der Waals surface area contributed by atoms with E-state index in [9.17, 15) is 26.4 Å². The third kappa shape index (κ3) is 4.69. The van der Waals surface area contributed by atoms with Crippen molar-refractivity contribution >= 4 is 32.7 Å². The van der Waals surface area contributed by atoms with Crippen LogP contribution in [0.2, 0.25) is 0 Å². The average molecular weight is 533 g/mol. The minimum Gasteiger partial charge on any atom is -0.345 e. The molecule has 7 nitrogen and oxygen atoms in total. The van der Waals surface area contributed by atoms with Gasteiger partial charge in [-0.15, -0.1) is 0 Å². The molecule has 2 aromatic heterocycles. The molecule has 12 heteroatoms. The summed E-state index contributed by atoms with van der Waals surface area (Å²) in [6.45, 7) is 0.400. The van der Waals surface area contributed by atoms with Crippen molar-refractivity contribution in [1.29, 1.82) is 0 Å². The molecule has 0 spiro atoms. The average Bonchev–Trinajstić information content (AvgIpc) is 3.44. The molecule has 1 fully saturated rings. The fourth-order valence-corrected chi connectivity index (χ4v) is 5.44. The van der Waals surface area contributed by atoms with Crippen LogP contribution in [-0.2, 0) is 10.2 Å². The van der Waals surface area contributed by atoms with Gasteiger partial charge in [0.15, 0.2) is 5.82 Å². The molecule has 1 aliphatic heterocycles. The van der Waals surface area contributed by atoms with Gasteiger partial charge in [-0.1, -0.05) is 29.8 Å². The van der Waals surface area contributed by atoms with Gasteiger partial charge in [-0.3, -0.25) is 9.52 Å². The number of rotatable bonds is 6. The highest BCUT2D eigenvalue weighted by atomic mass is 32.2. The van der Waals surface area contributed by atoms with Crippen molar-refractivity contribution in [3.63, 3.8) is 0 Å². The lowest BCUT2D eigenvalue weighted by atomic mass is 9.99. The SMILES string of the molecule is Cc1ccc(-c2cnc3[nH]cc(C(=O)c4c(F)ccc(NS(=O)(=O)N5CCC(F)(F)C5)c4F)c3c2)cc1. The number of nitrogens with one attached hydrogen (secondary N) is 2. The number of carbonyl (C=O) groups excluding carboxylic acids is 1. The van der Waals surface area contributed by atoms with Crippen molar-refractivity contribution in [2.24, 2.45) is 0 Å². The van der Waals surface area contributed by atoms with E-state index in [4.69, 9.17) is 0 Å². The number of aromatic amines is 1. The van der Waals surface area contributed by atoms with Gasteiger partial charge in [0.25, 0.3) is 5.92 Å². The second-order valence-electron chi connectivity index (χ2n) is 8.85. The van der Waals surface area contributed by atoms with Crippen LogP contribution in [0.5, 0.6) is 0 Å². The number of aromatic nitrogens is 2. The third-order valence-electron chi connectivity index (χ3n) is 6.19. The van der Waals surface area contributed by atoms with Crippen LogP contribution in [0.25, 0.3) is 22.2 Å². The summed E-state index contributed by atoms with van der Waals surface area (Å²) in [5.41, 5.74) is 1.05. The van der Waals surface area contributed by atoms with Gasteiger partial charge < -0.3 is 4.98 Å². The Morgan fingerprint density at radius 1 is 1.11 bits per heavy atom. The predicted molar refractivity (Wildman–Crippen MR) is 130 cm³/mol. The summed E-state index contributed by atoms with van der Waals surface area (Å²) in [6, 6.07) is 10.7. The lowest BCUT2D eigenvalue weighted by molar-refractivity contribution is 0.0184. The van der Waals surface area contributed by atoms with Crippen LogP contribution in [0.3, 0.4) is 0 Å². The van der Waals surface area contributed by atoms with E-state index in [2.05, 4.69) is 9.97 Å². The zero-order chi connectivity index (χ0) is 26.5. The number of nitrogens with zero attached hydrogens (tertiary/aromatic N) is 2. The number of carbonyl (C=O) groups is 1. The number of alkyl halides is 2. The van der Waals surface area contributed by atoms with Gasteiger partial charge >= 0.3 is 10.2 Å². The Kier molecular flexibility index (Phi) is 6.03. The van der Waals surface area contributed by atoms with Crippen LogP contribution in [0.1, 0.15) is 27.9 Å². The van der Waals surface area contributed by atoms with Gasteiger partial charge in [-0.2, -0.15) is 12.7 Å². The van der Waals surface area contributed by atoms with Crippen LogP contribution in [0, 0.1) is 18.6 Å². The van der Waals surface area contributed by atoms with Crippen molar-refractivity contribution in [1.82, 2.24) is 14.3 Å². The van der Waals surface area contributed by atoms with Gasteiger partial charge in [-0.05, 0) is 30.7 Å².